The molecule has 2 aromatic heterocycles. The van der Waals surface area contributed by atoms with Crippen LogP contribution < -0.4 is 5.32 Å². The average Bonchev–Trinajstić information content (AvgIpc) is 3.30. The van der Waals surface area contributed by atoms with E-state index in [1.807, 2.05) is 18.2 Å². The van der Waals surface area contributed by atoms with E-state index in [0.717, 1.165) is 48.1 Å². The van der Waals surface area contributed by atoms with Crippen molar-refractivity contribution in [1.82, 2.24) is 35.4 Å². The molecule has 3 aromatic rings. The first-order valence-corrected chi connectivity index (χ1v) is 9.45. The fourth-order valence-electron chi connectivity index (χ4n) is 3.58. The van der Waals surface area contributed by atoms with Gasteiger partial charge < -0.3 is 10.2 Å². The number of hydrogen-bond donors (Lipinski definition) is 2. The second kappa shape index (κ2) is 7.48. The van der Waals surface area contributed by atoms with Crippen molar-refractivity contribution in [2.75, 3.05) is 13.1 Å². The van der Waals surface area contributed by atoms with E-state index in [1.54, 1.807) is 17.1 Å². The summed E-state index contributed by atoms with van der Waals surface area (Å²) in [6.07, 6.45) is 5.58. The van der Waals surface area contributed by atoms with Gasteiger partial charge in [0.1, 0.15) is 12.2 Å². The van der Waals surface area contributed by atoms with Crippen LogP contribution >= 0.6 is 0 Å². The van der Waals surface area contributed by atoms with Crippen molar-refractivity contribution in [3.05, 3.63) is 30.6 Å². The Balaban J connectivity index is 1.34. The van der Waals surface area contributed by atoms with Crippen LogP contribution in [0.2, 0.25) is 0 Å². The standard InChI is InChI=1S/C19H25N7O/c1-13(2)25-7-5-16(6-8-25)21-19(27)12-26-11-18(23-24-26)14-3-4-15-10-20-22-17(15)9-14/h3-4,9-11,13,16H,5-8,12H2,1-2H3,(H,20,22)(H,21,27). The SMILES string of the molecule is CC(C)N1CCC(NC(=O)Cn2cc(-c3ccc4cn[nH]c4c3)nn2)CC1. The molecule has 1 fully saturated rings. The van der Waals surface area contributed by atoms with E-state index in [0.29, 0.717) is 6.04 Å². The molecule has 3 heterocycles. The molecule has 1 amide bonds. The Bertz CT molecular complexity index is 921. The summed E-state index contributed by atoms with van der Waals surface area (Å²) in [5, 5.41) is 19.5. The number of aromatic nitrogens is 5. The first kappa shape index (κ1) is 17.7. The number of rotatable bonds is 5. The lowest BCUT2D eigenvalue weighted by atomic mass is 10.0. The molecule has 1 aliphatic rings. The summed E-state index contributed by atoms with van der Waals surface area (Å²) < 4.78 is 1.59. The van der Waals surface area contributed by atoms with Gasteiger partial charge in [0.2, 0.25) is 5.91 Å². The van der Waals surface area contributed by atoms with Gasteiger partial charge in [-0.3, -0.25) is 9.89 Å². The number of carbonyl (C=O) groups excluding carboxylic acids is 1. The molecule has 0 spiro atoms. The number of hydrogen-bond acceptors (Lipinski definition) is 5. The Morgan fingerprint density at radius 3 is 2.93 bits per heavy atom. The molecule has 0 radical (unpaired) electrons. The molecule has 1 aliphatic heterocycles. The summed E-state index contributed by atoms with van der Waals surface area (Å²) in [6, 6.07) is 6.77. The molecule has 1 saturated heterocycles. The molecule has 8 nitrogen and oxygen atoms in total. The van der Waals surface area contributed by atoms with Crippen molar-refractivity contribution >= 4 is 16.8 Å². The zero-order valence-corrected chi connectivity index (χ0v) is 15.7. The van der Waals surface area contributed by atoms with Crippen LogP contribution in [0.3, 0.4) is 0 Å². The number of carbonyl (C=O) groups is 1. The van der Waals surface area contributed by atoms with E-state index in [9.17, 15) is 4.79 Å². The molecule has 0 atom stereocenters. The van der Waals surface area contributed by atoms with Crippen LogP contribution in [0.5, 0.6) is 0 Å². The van der Waals surface area contributed by atoms with Gasteiger partial charge in [0, 0.05) is 36.1 Å². The fraction of sp³-hybridized carbons (Fsp3) is 0.474. The van der Waals surface area contributed by atoms with E-state index < -0.39 is 0 Å². The van der Waals surface area contributed by atoms with Crippen LogP contribution in [0.4, 0.5) is 0 Å². The normalized spacial score (nSPS) is 16.3. The molecular weight excluding hydrogens is 342 g/mol. The van der Waals surface area contributed by atoms with Crippen LogP contribution in [0.1, 0.15) is 26.7 Å². The molecule has 1 aromatic carbocycles. The van der Waals surface area contributed by atoms with Crippen molar-refractivity contribution in [2.45, 2.75) is 45.3 Å². The van der Waals surface area contributed by atoms with Crippen molar-refractivity contribution in [3.63, 3.8) is 0 Å². The monoisotopic (exact) mass is 367 g/mol. The highest BCUT2D eigenvalue weighted by atomic mass is 16.2. The molecule has 0 saturated carbocycles. The van der Waals surface area contributed by atoms with E-state index in [1.165, 1.54) is 0 Å². The van der Waals surface area contributed by atoms with E-state index in [2.05, 4.69) is 44.6 Å². The van der Waals surface area contributed by atoms with Gasteiger partial charge in [-0.05, 0) is 32.8 Å². The third-order valence-electron chi connectivity index (χ3n) is 5.21. The van der Waals surface area contributed by atoms with Gasteiger partial charge in [-0.15, -0.1) is 5.10 Å². The number of nitrogens with one attached hydrogen (secondary N) is 2. The smallest absolute Gasteiger partial charge is 0.242 e. The number of nitrogens with zero attached hydrogens (tertiary/aromatic N) is 5. The molecule has 4 rings (SSSR count). The minimum atomic E-state index is -0.0153. The van der Waals surface area contributed by atoms with Crippen LogP contribution in [0, 0.1) is 0 Å². The molecule has 27 heavy (non-hydrogen) atoms. The number of likely N-dealkylation sites (tertiary alicyclic amines) is 1. The minimum Gasteiger partial charge on any atom is -0.352 e. The summed E-state index contributed by atoms with van der Waals surface area (Å²) in [7, 11) is 0. The molecule has 0 bridgehead atoms. The number of benzene rings is 1. The highest BCUT2D eigenvalue weighted by Crippen LogP contribution is 2.21. The highest BCUT2D eigenvalue weighted by Gasteiger charge is 2.22. The van der Waals surface area contributed by atoms with Crippen molar-refractivity contribution < 1.29 is 4.79 Å². The number of fused-ring (bicyclic) bond motifs is 1. The Morgan fingerprint density at radius 1 is 1.33 bits per heavy atom. The predicted octanol–water partition coefficient (Wildman–Crippen LogP) is 1.81. The second-order valence-electron chi connectivity index (χ2n) is 7.44. The van der Waals surface area contributed by atoms with Crippen molar-refractivity contribution in [2.24, 2.45) is 0 Å². The summed E-state index contributed by atoms with van der Waals surface area (Å²) in [5.41, 5.74) is 2.64. The Kier molecular flexibility index (Phi) is 4.89. The molecular formula is C19H25N7O. The van der Waals surface area contributed by atoms with Crippen LogP contribution in [0.25, 0.3) is 22.2 Å². The summed E-state index contributed by atoms with van der Waals surface area (Å²) >= 11 is 0. The van der Waals surface area contributed by atoms with Gasteiger partial charge in [-0.1, -0.05) is 17.3 Å². The van der Waals surface area contributed by atoms with Gasteiger partial charge in [0.15, 0.2) is 0 Å². The summed E-state index contributed by atoms with van der Waals surface area (Å²) in [5.74, 6) is -0.0153. The van der Waals surface area contributed by atoms with Crippen molar-refractivity contribution in [1.29, 1.82) is 0 Å². The third-order valence-corrected chi connectivity index (χ3v) is 5.21. The second-order valence-corrected chi connectivity index (χ2v) is 7.44. The molecule has 2 N–H and O–H groups in total. The maximum atomic E-state index is 12.4. The fourth-order valence-corrected chi connectivity index (χ4v) is 3.58. The number of amides is 1. The maximum absolute atomic E-state index is 12.4. The Hall–Kier alpha value is -2.74. The quantitative estimate of drug-likeness (QED) is 0.718. The Morgan fingerprint density at radius 2 is 2.15 bits per heavy atom. The van der Waals surface area contributed by atoms with Gasteiger partial charge in [-0.2, -0.15) is 5.10 Å². The lowest BCUT2D eigenvalue weighted by molar-refractivity contribution is -0.122. The zero-order chi connectivity index (χ0) is 18.8. The minimum absolute atomic E-state index is 0.0153. The van der Waals surface area contributed by atoms with Crippen LogP contribution in [-0.4, -0.2) is 61.2 Å². The van der Waals surface area contributed by atoms with E-state index >= 15 is 0 Å². The topological polar surface area (TPSA) is 91.7 Å². The molecule has 8 heteroatoms. The first-order chi connectivity index (χ1) is 13.1. The molecule has 0 aliphatic carbocycles. The number of piperidine rings is 1. The summed E-state index contributed by atoms with van der Waals surface area (Å²) in [4.78, 5) is 14.8. The first-order valence-electron chi connectivity index (χ1n) is 9.45. The summed E-state index contributed by atoms with van der Waals surface area (Å²) in [6.45, 7) is 6.68. The highest BCUT2D eigenvalue weighted by molar-refractivity contribution is 5.83. The van der Waals surface area contributed by atoms with Crippen LogP contribution in [0.15, 0.2) is 30.6 Å². The van der Waals surface area contributed by atoms with E-state index in [-0.39, 0.29) is 18.5 Å². The molecule has 142 valence electrons. The largest absolute Gasteiger partial charge is 0.352 e. The maximum Gasteiger partial charge on any atom is 0.242 e. The number of H-pyrrole nitrogens is 1. The van der Waals surface area contributed by atoms with Gasteiger partial charge >= 0.3 is 0 Å². The van der Waals surface area contributed by atoms with E-state index in [4.69, 9.17) is 0 Å². The Labute approximate surface area is 157 Å². The zero-order valence-electron chi connectivity index (χ0n) is 15.7. The third kappa shape index (κ3) is 4.00. The van der Waals surface area contributed by atoms with Gasteiger partial charge in [0.25, 0.3) is 0 Å². The van der Waals surface area contributed by atoms with Gasteiger partial charge in [0.05, 0.1) is 17.9 Å². The van der Waals surface area contributed by atoms with Crippen LogP contribution in [-0.2, 0) is 11.3 Å². The average molecular weight is 367 g/mol. The van der Waals surface area contributed by atoms with Crippen molar-refractivity contribution in [3.8, 4) is 11.3 Å². The molecule has 0 unspecified atom stereocenters. The lowest BCUT2D eigenvalue weighted by Gasteiger charge is -2.34. The number of aromatic amines is 1. The van der Waals surface area contributed by atoms with Gasteiger partial charge in [-0.25, -0.2) is 4.68 Å². The lowest BCUT2D eigenvalue weighted by Crippen LogP contribution is -2.47. The predicted molar refractivity (Wildman–Crippen MR) is 103 cm³/mol.